The topological polar surface area (TPSA) is 49.4 Å². The van der Waals surface area contributed by atoms with Gasteiger partial charge in [-0.1, -0.05) is 43.1 Å². The van der Waals surface area contributed by atoms with Gasteiger partial charge in [-0.3, -0.25) is 9.59 Å². The third kappa shape index (κ3) is 4.85. The summed E-state index contributed by atoms with van der Waals surface area (Å²) in [6.45, 7) is 5.19. The fourth-order valence-corrected chi connectivity index (χ4v) is 3.28. The van der Waals surface area contributed by atoms with Crippen LogP contribution in [0.5, 0.6) is 0 Å². The van der Waals surface area contributed by atoms with Gasteiger partial charge in [0, 0.05) is 35.1 Å². The summed E-state index contributed by atoms with van der Waals surface area (Å²) < 4.78 is 0. The summed E-state index contributed by atoms with van der Waals surface area (Å²) in [6.07, 6.45) is 1.73. The lowest BCUT2D eigenvalue weighted by Crippen LogP contribution is -2.47. The van der Waals surface area contributed by atoms with E-state index in [0.717, 1.165) is 12.8 Å². The Morgan fingerprint density at radius 2 is 1.78 bits per heavy atom. The van der Waals surface area contributed by atoms with Gasteiger partial charge in [-0.25, -0.2) is 0 Å². The Morgan fingerprint density at radius 1 is 1.22 bits per heavy atom. The van der Waals surface area contributed by atoms with Crippen molar-refractivity contribution in [2.75, 3.05) is 13.1 Å². The van der Waals surface area contributed by atoms with Gasteiger partial charge in [0.25, 0.3) is 0 Å². The molecule has 1 aromatic rings. The molecular weight excluding hydrogens is 335 g/mol. The summed E-state index contributed by atoms with van der Waals surface area (Å²) in [5.74, 6) is 0.106. The van der Waals surface area contributed by atoms with Crippen molar-refractivity contribution in [3.05, 3.63) is 33.8 Å². The average molecular weight is 357 g/mol. The number of hydrogen-bond donors (Lipinski definition) is 1. The maximum atomic E-state index is 12.2. The Kier molecular flexibility index (Phi) is 6.31. The van der Waals surface area contributed by atoms with Gasteiger partial charge in [0.1, 0.15) is 0 Å². The Balaban J connectivity index is 1.85. The molecule has 1 saturated heterocycles. The van der Waals surface area contributed by atoms with Crippen LogP contribution in [0.2, 0.25) is 10.0 Å². The molecule has 1 N–H and O–H groups in total. The van der Waals surface area contributed by atoms with Crippen LogP contribution in [0.25, 0.3) is 0 Å². The van der Waals surface area contributed by atoms with E-state index < -0.39 is 0 Å². The number of rotatable bonds is 4. The molecule has 4 nitrogen and oxygen atoms in total. The van der Waals surface area contributed by atoms with Crippen LogP contribution in [0.3, 0.4) is 0 Å². The molecule has 2 amide bonds. The summed E-state index contributed by atoms with van der Waals surface area (Å²) in [4.78, 5) is 26.0. The number of halogens is 2. The van der Waals surface area contributed by atoms with Crippen LogP contribution in [-0.2, 0) is 16.0 Å². The smallest absolute Gasteiger partial charge is 0.225 e. The summed E-state index contributed by atoms with van der Waals surface area (Å²) in [7, 11) is 0. The van der Waals surface area contributed by atoms with Crippen LogP contribution in [0, 0.1) is 5.92 Å². The molecule has 1 heterocycles. The van der Waals surface area contributed by atoms with Gasteiger partial charge in [0.15, 0.2) is 0 Å². The van der Waals surface area contributed by atoms with E-state index in [1.54, 1.807) is 18.2 Å². The number of nitrogens with zero attached hydrogens (tertiary/aromatic N) is 1. The number of carbonyl (C=O) groups excluding carboxylic acids is 2. The minimum atomic E-state index is -0.0892. The average Bonchev–Trinajstić information content (AvgIpc) is 2.51. The van der Waals surface area contributed by atoms with Gasteiger partial charge in [0.05, 0.1) is 6.42 Å². The summed E-state index contributed by atoms with van der Waals surface area (Å²) in [5.41, 5.74) is 0.653. The highest BCUT2D eigenvalue weighted by molar-refractivity contribution is 6.36. The molecule has 0 saturated carbocycles. The first kappa shape index (κ1) is 18.1. The van der Waals surface area contributed by atoms with Crippen molar-refractivity contribution in [1.29, 1.82) is 0 Å². The highest BCUT2D eigenvalue weighted by Crippen LogP contribution is 2.24. The molecule has 0 spiro atoms. The standard InChI is InChI=1S/C17H22Cl2N2O2/c1-11(2)17(23)21-8-6-12(7-9-21)20-16(22)10-13-14(18)4-3-5-15(13)19/h3-5,11-12H,6-10H2,1-2H3,(H,20,22). The molecule has 0 bridgehead atoms. The molecule has 23 heavy (non-hydrogen) atoms. The van der Waals surface area contributed by atoms with Crippen LogP contribution in [-0.4, -0.2) is 35.8 Å². The first-order valence-corrected chi connectivity index (χ1v) is 8.65. The maximum absolute atomic E-state index is 12.2. The van der Waals surface area contributed by atoms with E-state index in [0.29, 0.717) is 28.7 Å². The Hall–Kier alpha value is -1.26. The third-order valence-corrected chi connectivity index (χ3v) is 4.77. The van der Waals surface area contributed by atoms with Crippen LogP contribution < -0.4 is 5.32 Å². The molecular formula is C17H22Cl2N2O2. The molecule has 0 radical (unpaired) electrons. The molecule has 0 aliphatic carbocycles. The predicted octanol–water partition coefficient (Wildman–Crippen LogP) is 3.30. The number of likely N-dealkylation sites (tertiary alicyclic amines) is 1. The predicted molar refractivity (Wildman–Crippen MR) is 92.7 cm³/mol. The molecule has 6 heteroatoms. The first-order chi connectivity index (χ1) is 10.9. The SMILES string of the molecule is CC(C)C(=O)N1CCC(NC(=O)Cc2c(Cl)cccc2Cl)CC1. The lowest BCUT2D eigenvalue weighted by atomic mass is 10.0. The quantitative estimate of drug-likeness (QED) is 0.899. The van der Waals surface area contributed by atoms with Crippen molar-refractivity contribution in [3.63, 3.8) is 0 Å². The molecule has 1 aliphatic rings. The fourth-order valence-electron chi connectivity index (χ4n) is 2.75. The van der Waals surface area contributed by atoms with Gasteiger partial charge in [-0.05, 0) is 30.5 Å². The van der Waals surface area contributed by atoms with E-state index in [1.165, 1.54) is 0 Å². The Morgan fingerprint density at radius 3 is 2.30 bits per heavy atom. The monoisotopic (exact) mass is 356 g/mol. The van der Waals surface area contributed by atoms with Gasteiger partial charge in [0.2, 0.25) is 11.8 Å². The molecule has 2 rings (SSSR count). The van der Waals surface area contributed by atoms with E-state index >= 15 is 0 Å². The van der Waals surface area contributed by atoms with E-state index in [4.69, 9.17) is 23.2 Å². The molecule has 1 fully saturated rings. The zero-order chi connectivity index (χ0) is 17.0. The number of nitrogens with one attached hydrogen (secondary N) is 1. The molecule has 1 aromatic carbocycles. The summed E-state index contributed by atoms with van der Waals surface area (Å²) in [5, 5.41) is 4.03. The van der Waals surface area contributed by atoms with Crippen molar-refractivity contribution >= 4 is 35.0 Å². The van der Waals surface area contributed by atoms with E-state index in [-0.39, 0.29) is 30.2 Å². The molecule has 0 unspecified atom stereocenters. The van der Waals surface area contributed by atoms with Crippen LogP contribution >= 0.6 is 23.2 Å². The molecule has 1 aliphatic heterocycles. The maximum Gasteiger partial charge on any atom is 0.225 e. The molecule has 0 atom stereocenters. The number of piperidine rings is 1. The van der Waals surface area contributed by atoms with Crippen molar-refractivity contribution in [1.82, 2.24) is 10.2 Å². The zero-order valence-electron chi connectivity index (χ0n) is 13.4. The summed E-state index contributed by atoms with van der Waals surface area (Å²) in [6, 6.07) is 5.31. The van der Waals surface area contributed by atoms with Gasteiger partial charge in [-0.15, -0.1) is 0 Å². The Bertz CT molecular complexity index is 562. The van der Waals surface area contributed by atoms with Crippen molar-refractivity contribution in [2.45, 2.75) is 39.2 Å². The van der Waals surface area contributed by atoms with Crippen molar-refractivity contribution in [2.24, 2.45) is 5.92 Å². The molecule has 0 aromatic heterocycles. The highest BCUT2D eigenvalue weighted by atomic mass is 35.5. The van der Waals surface area contributed by atoms with Crippen molar-refractivity contribution < 1.29 is 9.59 Å². The second-order valence-corrected chi connectivity index (χ2v) is 7.01. The van der Waals surface area contributed by atoms with Gasteiger partial charge in [-0.2, -0.15) is 0 Å². The van der Waals surface area contributed by atoms with Crippen LogP contribution in [0.15, 0.2) is 18.2 Å². The molecule has 126 valence electrons. The number of carbonyl (C=O) groups is 2. The summed E-state index contributed by atoms with van der Waals surface area (Å²) >= 11 is 12.2. The normalized spacial score (nSPS) is 15.8. The fraction of sp³-hybridized carbons (Fsp3) is 0.529. The second-order valence-electron chi connectivity index (χ2n) is 6.20. The Labute approximate surface area is 147 Å². The second kappa shape index (κ2) is 8.02. The van der Waals surface area contributed by atoms with E-state index in [9.17, 15) is 9.59 Å². The van der Waals surface area contributed by atoms with E-state index in [2.05, 4.69) is 5.32 Å². The van der Waals surface area contributed by atoms with Crippen molar-refractivity contribution in [3.8, 4) is 0 Å². The van der Waals surface area contributed by atoms with Gasteiger partial charge < -0.3 is 10.2 Å². The zero-order valence-corrected chi connectivity index (χ0v) is 15.0. The third-order valence-electron chi connectivity index (χ3n) is 4.06. The lowest BCUT2D eigenvalue weighted by molar-refractivity contribution is -0.135. The minimum absolute atomic E-state index is 0.0171. The number of benzene rings is 1. The lowest BCUT2D eigenvalue weighted by Gasteiger charge is -2.33. The minimum Gasteiger partial charge on any atom is -0.353 e. The van der Waals surface area contributed by atoms with Gasteiger partial charge >= 0.3 is 0 Å². The highest BCUT2D eigenvalue weighted by Gasteiger charge is 2.25. The van der Waals surface area contributed by atoms with E-state index in [1.807, 2.05) is 18.7 Å². The largest absolute Gasteiger partial charge is 0.353 e. The first-order valence-electron chi connectivity index (χ1n) is 7.89. The van der Waals surface area contributed by atoms with Crippen LogP contribution in [0.1, 0.15) is 32.3 Å². The number of amides is 2. The van der Waals surface area contributed by atoms with Crippen LogP contribution in [0.4, 0.5) is 0 Å². The number of hydrogen-bond acceptors (Lipinski definition) is 2.